The van der Waals surface area contributed by atoms with E-state index in [1.165, 1.54) is 0 Å². The van der Waals surface area contributed by atoms with Gasteiger partial charge in [0.15, 0.2) is 0 Å². The first-order chi connectivity index (χ1) is 1.00. The second-order valence-electron chi connectivity index (χ2n) is 0. The molecule has 0 aliphatic carbocycles. The molecule has 0 aromatic rings. The summed E-state index contributed by atoms with van der Waals surface area (Å²) >= 11 is 0. The van der Waals surface area contributed by atoms with Crippen LogP contribution >= 0.6 is 0 Å². The summed E-state index contributed by atoms with van der Waals surface area (Å²) in [7, 11) is 0. The zero-order chi connectivity index (χ0) is 2.00. The minimum atomic E-state index is 0. The van der Waals surface area contributed by atoms with Gasteiger partial charge < -0.3 is 11.8 Å². The molecule has 0 aliphatic rings. The zero-order valence-electron chi connectivity index (χ0n) is 2.10. The van der Waals surface area contributed by atoms with Gasteiger partial charge in [-0.05, 0) is 0 Å². The normalized spacial score (nSPS) is 0.400. The molecule has 0 rings (SSSR count). The van der Waals surface area contributed by atoms with Crippen molar-refractivity contribution in [1.29, 1.82) is 5.26 Å². The molecular formula is CFe2NV-. The van der Waals surface area contributed by atoms with Gasteiger partial charge in [-0.25, -0.2) is 0 Å². The fourth-order valence-electron chi connectivity index (χ4n) is 0. The van der Waals surface area contributed by atoms with E-state index in [4.69, 9.17) is 11.8 Å². The van der Waals surface area contributed by atoms with E-state index < -0.39 is 0 Å². The molecule has 5 heavy (non-hydrogen) atoms. The van der Waals surface area contributed by atoms with Gasteiger partial charge in [0.2, 0.25) is 0 Å². The number of hydrogen-bond acceptors (Lipinski definition) is 1. The van der Waals surface area contributed by atoms with Gasteiger partial charge in [0.25, 0.3) is 0 Å². The first kappa shape index (κ1) is 35.8. The Balaban J connectivity index is -0.00000000167. The van der Waals surface area contributed by atoms with E-state index in [0.717, 1.165) is 0 Å². The minimum Gasteiger partial charge on any atom is -0.512 e. The van der Waals surface area contributed by atoms with Gasteiger partial charge in [0.05, 0.1) is 0 Å². The third-order valence-corrected chi connectivity index (χ3v) is 0. The molecule has 0 atom stereocenters. The van der Waals surface area contributed by atoms with Crippen molar-refractivity contribution < 1.29 is 52.7 Å². The predicted octanol–water partition coefficient (Wildman–Crippen LogP) is 0.0889. The zero-order valence-corrected chi connectivity index (χ0v) is 5.71. The number of hydrogen-bond donors (Lipinski definition) is 0. The molecular weight excluding hydrogens is 189 g/mol. The molecule has 0 saturated heterocycles. The molecule has 0 spiro atoms. The van der Waals surface area contributed by atoms with Crippen LogP contribution in [0.2, 0.25) is 0 Å². The van der Waals surface area contributed by atoms with E-state index in [9.17, 15) is 0 Å². The SMILES string of the molecule is [C-]#N.[Fe].[Fe].[V]. The van der Waals surface area contributed by atoms with Crippen LogP contribution in [0.15, 0.2) is 0 Å². The van der Waals surface area contributed by atoms with Gasteiger partial charge in [-0.15, -0.1) is 0 Å². The molecule has 0 aromatic heterocycles. The van der Waals surface area contributed by atoms with Crippen LogP contribution in [-0.4, -0.2) is 0 Å². The van der Waals surface area contributed by atoms with Crippen LogP contribution < -0.4 is 0 Å². The molecule has 1 radical (unpaired) electrons. The molecule has 0 aromatic carbocycles. The second-order valence-corrected chi connectivity index (χ2v) is 0. The van der Waals surface area contributed by atoms with Crippen molar-refractivity contribution in [1.82, 2.24) is 0 Å². The molecule has 0 N–H and O–H groups in total. The maximum absolute atomic E-state index is 6.25. The summed E-state index contributed by atoms with van der Waals surface area (Å²) in [6.07, 6.45) is 0. The van der Waals surface area contributed by atoms with E-state index in [1.807, 2.05) is 0 Å². The average molecular weight is 189 g/mol. The minimum absolute atomic E-state index is 0. The van der Waals surface area contributed by atoms with Gasteiger partial charge in [-0.2, -0.15) is 0 Å². The molecule has 1 nitrogen and oxygen atoms in total. The fourth-order valence-corrected chi connectivity index (χ4v) is 0. The van der Waals surface area contributed by atoms with Crippen molar-refractivity contribution in [3.05, 3.63) is 6.57 Å². The van der Waals surface area contributed by atoms with Crippen LogP contribution in [0, 0.1) is 11.8 Å². The quantitative estimate of drug-likeness (QED) is 0.391. The molecule has 0 amide bonds. The summed E-state index contributed by atoms with van der Waals surface area (Å²) in [5, 5.41) is 6.25. The Morgan fingerprint density at radius 2 is 1.00 bits per heavy atom. The van der Waals surface area contributed by atoms with Crippen LogP contribution in [0.4, 0.5) is 0 Å². The van der Waals surface area contributed by atoms with Gasteiger partial charge >= 0.3 is 0 Å². The summed E-state index contributed by atoms with van der Waals surface area (Å²) in [6.45, 7) is 4.75. The predicted molar refractivity (Wildman–Crippen MR) is 4.97 cm³/mol. The van der Waals surface area contributed by atoms with Crippen LogP contribution in [0.25, 0.3) is 0 Å². The summed E-state index contributed by atoms with van der Waals surface area (Å²) in [6, 6.07) is 0. The summed E-state index contributed by atoms with van der Waals surface area (Å²) in [5.41, 5.74) is 0. The topological polar surface area (TPSA) is 23.8 Å². The molecule has 31 valence electrons. The van der Waals surface area contributed by atoms with E-state index in [1.54, 1.807) is 0 Å². The first-order valence-electron chi connectivity index (χ1n) is 0.224. The van der Waals surface area contributed by atoms with Crippen molar-refractivity contribution in [2.24, 2.45) is 0 Å². The Labute approximate surface area is 64.3 Å². The first-order valence-corrected chi connectivity index (χ1v) is 0.224. The fraction of sp³-hybridized carbons (Fsp3) is 0. The van der Waals surface area contributed by atoms with Crippen LogP contribution in [0.1, 0.15) is 0 Å². The third kappa shape index (κ3) is 40.0. The smallest absolute Gasteiger partial charge is 0 e. The molecule has 0 fully saturated rings. The van der Waals surface area contributed by atoms with Crippen LogP contribution in [0.5, 0.6) is 0 Å². The van der Waals surface area contributed by atoms with Crippen LogP contribution in [-0.2, 0) is 52.7 Å². The molecule has 0 unspecified atom stereocenters. The molecule has 0 heterocycles. The Bertz CT molecular complexity index is 14.4. The van der Waals surface area contributed by atoms with Crippen molar-refractivity contribution in [2.45, 2.75) is 0 Å². The van der Waals surface area contributed by atoms with E-state index >= 15 is 0 Å². The molecule has 0 bridgehead atoms. The van der Waals surface area contributed by atoms with Crippen molar-refractivity contribution in [2.75, 3.05) is 0 Å². The van der Waals surface area contributed by atoms with Gasteiger partial charge in [-0.1, -0.05) is 0 Å². The average Bonchev–Trinajstić information content (AvgIpc) is 1.00. The second kappa shape index (κ2) is 69.8. The Morgan fingerprint density at radius 1 is 1.00 bits per heavy atom. The van der Waals surface area contributed by atoms with Gasteiger partial charge in [-0.3, -0.25) is 0 Å². The maximum atomic E-state index is 6.25. The Hall–Kier alpha value is 1.11. The Morgan fingerprint density at radius 3 is 1.00 bits per heavy atom. The molecule has 0 saturated carbocycles. The summed E-state index contributed by atoms with van der Waals surface area (Å²) < 4.78 is 0. The summed E-state index contributed by atoms with van der Waals surface area (Å²) in [5.74, 6) is 0. The van der Waals surface area contributed by atoms with Crippen molar-refractivity contribution in [3.63, 3.8) is 0 Å². The Kier molecular flexibility index (Phi) is 500. The van der Waals surface area contributed by atoms with Gasteiger partial charge in [0.1, 0.15) is 0 Å². The standard InChI is InChI=1S/CN.2Fe.V/c1-2;;;/q-1;;;. The monoisotopic (exact) mass is 189 g/mol. The number of nitrogens with zero attached hydrogens (tertiary/aromatic N) is 1. The molecule has 0 aliphatic heterocycles. The van der Waals surface area contributed by atoms with Crippen LogP contribution in [0.3, 0.4) is 0 Å². The number of rotatable bonds is 0. The maximum Gasteiger partial charge on any atom is 0 e. The summed E-state index contributed by atoms with van der Waals surface area (Å²) in [4.78, 5) is 0. The van der Waals surface area contributed by atoms with Crippen molar-refractivity contribution in [3.8, 4) is 0 Å². The largest absolute Gasteiger partial charge is 0.512 e. The third-order valence-electron chi connectivity index (χ3n) is 0. The van der Waals surface area contributed by atoms with E-state index in [-0.39, 0.29) is 52.7 Å². The van der Waals surface area contributed by atoms with E-state index in [2.05, 4.69) is 0 Å². The van der Waals surface area contributed by atoms with Gasteiger partial charge in [0, 0.05) is 52.7 Å². The van der Waals surface area contributed by atoms with E-state index in [0.29, 0.717) is 0 Å². The van der Waals surface area contributed by atoms with Crippen molar-refractivity contribution >= 4 is 0 Å². The molecule has 4 heteroatoms.